The van der Waals surface area contributed by atoms with Crippen LogP contribution < -0.4 is 15.8 Å². The Morgan fingerprint density at radius 1 is 1.24 bits per heavy atom. The number of likely N-dealkylation sites (N-methyl/N-ethyl adjacent to an activating group) is 1. The van der Waals surface area contributed by atoms with Crippen LogP contribution >= 0.6 is 0 Å². The van der Waals surface area contributed by atoms with Crippen LogP contribution in [0.5, 0.6) is 5.75 Å². The Morgan fingerprint density at radius 3 is 2.52 bits per heavy atom. The molecule has 1 fully saturated rings. The minimum absolute atomic E-state index is 0.0626. The Bertz CT molecular complexity index is 615. The standard InChI is InChI=1S/C17H26N4O4/c1-20-6-8-21(9-7-20)17(23)12-4-5-15(25-3)14(10-12)19-16(22)13(18)11-24-2/h4-5,10,13H,6-9,11,18H2,1-3H3,(H,19,22). The van der Waals surface area contributed by atoms with E-state index in [1.54, 1.807) is 18.2 Å². The van der Waals surface area contributed by atoms with Gasteiger partial charge in [0.15, 0.2) is 0 Å². The van der Waals surface area contributed by atoms with E-state index < -0.39 is 11.9 Å². The van der Waals surface area contributed by atoms with Gasteiger partial charge in [-0.15, -0.1) is 0 Å². The second kappa shape index (κ2) is 8.80. The zero-order valence-corrected chi connectivity index (χ0v) is 14.9. The van der Waals surface area contributed by atoms with Crippen molar-refractivity contribution in [3.63, 3.8) is 0 Å². The smallest absolute Gasteiger partial charge is 0.254 e. The van der Waals surface area contributed by atoms with E-state index in [9.17, 15) is 9.59 Å². The third-order valence-corrected chi connectivity index (χ3v) is 4.18. The fraction of sp³-hybridized carbons (Fsp3) is 0.529. The van der Waals surface area contributed by atoms with Crippen molar-refractivity contribution < 1.29 is 19.1 Å². The van der Waals surface area contributed by atoms with Crippen LogP contribution in [0.1, 0.15) is 10.4 Å². The molecule has 1 aromatic rings. The van der Waals surface area contributed by atoms with Crippen LogP contribution in [0, 0.1) is 0 Å². The number of amides is 2. The highest BCUT2D eigenvalue weighted by Gasteiger charge is 2.22. The molecule has 2 amide bonds. The number of ether oxygens (including phenoxy) is 2. The number of nitrogens with one attached hydrogen (secondary N) is 1. The predicted octanol–water partition coefficient (Wildman–Crippen LogP) is -0.00500. The fourth-order valence-corrected chi connectivity index (χ4v) is 2.61. The van der Waals surface area contributed by atoms with Crippen LogP contribution in [0.2, 0.25) is 0 Å². The summed E-state index contributed by atoms with van der Waals surface area (Å²) in [5, 5.41) is 2.70. The zero-order valence-electron chi connectivity index (χ0n) is 14.9. The Morgan fingerprint density at radius 2 is 1.92 bits per heavy atom. The number of nitrogens with two attached hydrogens (primary N) is 1. The minimum Gasteiger partial charge on any atom is -0.495 e. The number of hydrogen-bond acceptors (Lipinski definition) is 6. The van der Waals surface area contributed by atoms with E-state index in [1.807, 2.05) is 11.9 Å². The molecule has 0 aliphatic carbocycles. The second-order valence-corrected chi connectivity index (χ2v) is 6.06. The summed E-state index contributed by atoms with van der Waals surface area (Å²) in [6, 6.07) is 4.19. The van der Waals surface area contributed by atoms with Gasteiger partial charge in [0.1, 0.15) is 11.8 Å². The molecule has 25 heavy (non-hydrogen) atoms. The molecule has 0 aromatic heterocycles. The Balaban J connectivity index is 2.15. The molecule has 1 heterocycles. The largest absolute Gasteiger partial charge is 0.495 e. The first-order valence-corrected chi connectivity index (χ1v) is 8.17. The summed E-state index contributed by atoms with van der Waals surface area (Å²) in [7, 11) is 5.01. The predicted molar refractivity (Wildman–Crippen MR) is 94.9 cm³/mol. The Labute approximate surface area is 147 Å². The van der Waals surface area contributed by atoms with E-state index >= 15 is 0 Å². The molecule has 1 unspecified atom stereocenters. The summed E-state index contributed by atoms with van der Waals surface area (Å²) in [6.07, 6.45) is 0. The highest BCUT2D eigenvalue weighted by atomic mass is 16.5. The first-order valence-electron chi connectivity index (χ1n) is 8.17. The first-order chi connectivity index (χ1) is 12.0. The maximum atomic E-state index is 12.7. The summed E-state index contributed by atoms with van der Waals surface area (Å²) in [5.74, 6) is 0.00434. The molecule has 2 rings (SSSR count). The number of methoxy groups -OCH3 is 2. The number of hydrogen-bond donors (Lipinski definition) is 2. The number of carbonyl (C=O) groups is 2. The van der Waals surface area contributed by atoms with Crippen molar-refractivity contribution in [2.45, 2.75) is 6.04 Å². The molecule has 138 valence electrons. The van der Waals surface area contributed by atoms with E-state index in [0.29, 0.717) is 30.1 Å². The summed E-state index contributed by atoms with van der Waals surface area (Å²) >= 11 is 0. The van der Waals surface area contributed by atoms with Gasteiger partial charge in [0, 0.05) is 38.9 Å². The molecule has 8 heteroatoms. The molecule has 1 aliphatic rings. The molecule has 0 spiro atoms. The van der Waals surface area contributed by atoms with Crippen molar-refractivity contribution in [2.24, 2.45) is 5.73 Å². The van der Waals surface area contributed by atoms with Gasteiger partial charge in [-0.2, -0.15) is 0 Å². The summed E-state index contributed by atoms with van der Waals surface area (Å²) in [5.41, 5.74) is 6.65. The van der Waals surface area contributed by atoms with E-state index in [0.717, 1.165) is 13.1 Å². The summed E-state index contributed by atoms with van der Waals surface area (Å²) in [4.78, 5) is 28.8. The third kappa shape index (κ3) is 4.91. The van der Waals surface area contributed by atoms with E-state index in [4.69, 9.17) is 15.2 Å². The van der Waals surface area contributed by atoms with Gasteiger partial charge in [0.25, 0.3) is 5.91 Å². The van der Waals surface area contributed by atoms with Crippen LogP contribution in [0.4, 0.5) is 5.69 Å². The molecule has 0 radical (unpaired) electrons. The quantitative estimate of drug-likeness (QED) is 0.749. The average Bonchev–Trinajstić information content (AvgIpc) is 2.62. The molecule has 1 aromatic carbocycles. The van der Waals surface area contributed by atoms with Crippen LogP contribution in [0.3, 0.4) is 0 Å². The van der Waals surface area contributed by atoms with E-state index in [-0.39, 0.29) is 12.5 Å². The molecule has 0 bridgehead atoms. The van der Waals surface area contributed by atoms with Crippen LogP contribution in [-0.2, 0) is 9.53 Å². The molecule has 1 saturated heterocycles. The van der Waals surface area contributed by atoms with Crippen molar-refractivity contribution in [2.75, 3.05) is 59.4 Å². The molecule has 3 N–H and O–H groups in total. The number of piperazine rings is 1. The molecule has 1 atom stereocenters. The molecular formula is C17H26N4O4. The minimum atomic E-state index is -0.799. The van der Waals surface area contributed by atoms with Gasteiger partial charge in [0.05, 0.1) is 19.4 Å². The number of rotatable bonds is 6. The third-order valence-electron chi connectivity index (χ3n) is 4.18. The van der Waals surface area contributed by atoms with Crippen LogP contribution in [0.15, 0.2) is 18.2 Å². The van der Waals surface area contributed by atoms with Crippen molar-refractivity contribution >= 4 is 17.5 Å². The van der Waals surface area contributed by atoms with E-state index in [1.165, 1.54) is 14.2 Å². The monoisotopic (exact) mass is 350 g/mol. The number of carbonyl (C=O) groups excluding carboxylic acids is 2. The van der Waals surface area contributed by atoms with Crippen molar-refractivity contribution in [1.82, 2.24) is 9.80 Å². The lowest BCUT2D eigenvalue weighted by molar-refractivity contribution is -0.118. The van der Waals surface area contributed by atoms with Gasteiger partial charge in [-0.05, 0) is 25.2 Å². The zero-order chi connectivity index (χ0) is 18.4. The van der Waals surface area contributed by atoms with Gasteiger partial charge in [-0.25, -0.2) is 0 Å². The fourth-order valence-electron chi connectivity index (χ4n) is 2.61. The normalized spacial score (nSPS) is 16.4. The second-order valence-electron chi connectivity index (χ2n) is 6.06. The molecule has 1 aliphatic heterocycles. The molecule has 8 nitrogen and oxygen atoms in total. The van der Waals surface area contributed by atoms with E-state index in [2.05, 4.69) is 10.2 Å². The Hall–Kier alpha value is -2.16. The summed E-state index contributed by atoms with van der Waals surface area (Å²) < 4.78 is 10.1. The van der Waals surface area contributed by atoms with Gasteiger partial charge in [0.2, 0.25) is 5.91 Å². The van der Waals surface area contributed by atoms with Crippen molar-refractivity contribution in [1.29, 1.82) is 0 Å². The van der Waals surface area contributed by atoms with Gasteiger partial charge in [-0.1, -0.05) is 0 Å². The first kappa shape index (κ1) is 19.2. The van der Waals surface area contributed by atoms with Crippen molar-refractivity contribution in [3.05, 3.63) is 23.8 Å². The van der Waals surface area contributed by atoms with Gasteiger partial charge < -0.3 is 30.3 Å². The van der Waals surface area contributed by atoms with Gasteiger partial charge in [-0.3, -0.25) is 9.59 Å². The van der Waals surface area contributed by atoms with Gasteiger partial charge >= 0.3 is 0 Å². The highest BCUT2D eigenvalue weighted by Crippen LogP contribution is 2.26. The maximum absolute atomic E-state index is 12.7. The highest BCUT2D eigenvalue weighted by molar-refractivity contribution is 5.99. The number of anilines is 1. The summed E-state index contributed by atoms with van der Waals surface area (Å²) in [6.45, 7) is 3.16. The number of benzene rings is 1. The lowest BCUT2D eigenvalue weighted by atomic mass is 10.1. The van der Waals surface area contributed by atoms with Crippen LogP contribution in [-0.4, -0.2) is 81.7 Å². The lowest BCUT2D eigenvalue weighted by Crippen LogP contribution is -2.47. The SMILES string of the molecule is COCC(N)C(=O)Nc1cc(C(=O)N2CCN(C)CC2)ccc1OC. The average molecular weight is 350 g/mol. The molecular weight excluding hydrogens is 324 g/mol. The molecule has 0 saturated carbocycles. The van der Waals surface area contributed by atoms with Crippen LogP contribution in [0.25, 0.3) is 0 Å². The van der Waals surface area contributed by atoms with Crippen molar-refractivity contribution in [3.8, 4) is 5.75 Å². The number of nitrogens with zero attached hydrogens (tertiary/aromatic N) is 2. The lowest BCUT2D eigenvalue weighted by Gasteiger charge is -2.32. The maximum Gasteiger partial charge on any atom is 0.254 e. The topological polar surface area (TPSA) is 97.1 Å². The Kier molecular flexibility index (Phi) is 6.74.